The summed E-state index contributed by atoms with van der Waals surface area (Å²) < 4.78 is 13.6. The summed E-state index contributed by atoms with van der Waals surface area (Å²) in [5.74, 6) is 0.547. The molecule has 1 amide bonds. The molecule has 2 fully saturated rings. The van der Waals surface area contributed by atoms with Gasteiger partial charge in [-0.3, -0.25) is 9.30 Å². The van der Waals surface area contributed by atoms with Gasteiger partial charge in [0.05, 0.1) is 37.2 Å². The molecule has 3 aliphatic rings. The van der Waals surface area contributed by atoms with Crippen molar-refractivity contribution < 1.29 is 19.4 Å². The molecule has 2 aromatic carbocycles. The number of benzene rings is 2. The Morgan fingerprint density at radius 1 is 1.00 bits per heavy atom. The molecule has 2 saturated heterocycles. The standard InChI is InChI=1S/C28H26N4O4/c33-27(36-17-24-22-8-3-1-6-20(22)21-7-2-4-9-23(21)24)32-18-12-28(34,13-19(32)16-35-15-18)25-14-30-26-29-10-5-11-31(25)26/h1-11,14,18-19,24,34H,12-13,15-17H2. The van der Waals surface area contributed by atoms with Crippen LogP contribution in [0.25, 0.3) is 16.9 Å². The molecule has 4 heterocycles. The van der Waals surface area contributed by atoms with Crippen LogP contribution in [-0.2, 0) is 15.1 Å². The summed E-state index contributed by atoms with van der Waals surface area (Å²) in [4.78, 5) is 23.8. The first kappa shape index (κ1) is 21.5. The Kier molecular flexibility index (Phi) is 4.87. The van der Waals surface area contributed by atoms with Gasteiger partial charge in [-0.05, 0) is 28.3 Å². The first-order valence-electron chi connectivity index (χ1n) is 12.3. The zero-order valence-corrected chi connectivity index (χ0v) is 19.7. The molecule has 4 aromatic rings. The Balaban J connectivity index is 1.12. The Morgan fingerprint density at radius 3 is 2.36 bits per heavy atom. The molecule has 2 bridgehead atoms. The highest BCUT2D eigenvalue weighted by Gasteiger charge is 2.50. The fourth-order valence-corrected chi connectivity index (χ4v) is 6.32. The summed E-state index contributed by atoms with van der Waals surface area (Å²) in [5.41, 5.74) is 4.32. The van der Waals surface area contributed by atoms with Gasteiger partial charge in [0.15, 0.2) is 0 Å². The van der Waals surface area contributed by atoms with E-state index in [-0.39, 0.29) is 30.7 Å². The van der Waals surface area contributed by atoms with Crippen molar-refractivity contribution in [1.29, 1.82) is 0 Å². The molecule has 0 spiro atoms. The number of carbonyl (C=O) groups excluding carboxylic acids is 1. The quantitative estimate of drug-likeness (QED) is 0.479. The van der Waals surface area contributed by atoms with E-state index in [4.69, 9.17) is 9.47 Å². The van der Waals surface area contributed by atoms with E-state index in [9.17, 15) is 9.90 Å². The molecule has 2 unspecified atom stereocenters. The molecule has 36 heavy (non-hydrogen) atoms. The van der Waals surface area contributed by atoms with Crippen LogP contribution in [0, 0.1) is 0 Å². The highest BCUT2D eigenvalue weighted by atomic mass is 16.6. The first-order valence-corrected chi connectivity index (χ1v) is 12.3. The smallest absolute Gasteiger partial charge is 0.410 e. The number of fused-ring (bicyclic) bond motifs is 6. The maximum absolute atomic E-state index is 13.4. The number of imidazole rings is 1. The lowest BCUT2D eigenvalue weighted by molar-refractivity contribution is -0.138. The number of piperidine rings is 1. The third-order valence-corrected chi connectivity index (χ3v) is 7.87. The fraction of sp³-hybridized carbons (Fsp3) is 0.321. The Bertz CT molecular complexity index is 1410. The number of hydrogen-bond donors (Lipinski definition) is 1. The SMILES string of the molecule is O=C(OCC1c2ccccc2-c2ccccc21)N1C2COCC1CC(O)(c1cnc3ncccn13)C2. The number of aromatic nitrogens is 3. The number of morpholine rings is 1. The molecular weight excluding hydrogens is 456 g/mol. The minimum atomic E-state index is -1.14. The number of amides is 1. The third-order valence-electron chi connectivity index (χ3n) is 7.87. The number of ether oxygens (including phenoxy) is 2. The van der Waals surface area contributed by atoms with Gasteiger partial charge in [0.25, 0.3) is 0 Å². The van der Waals surface area contributed by atoms with Gasteiger partial charge >= 0.3 is 6.09 Å². The Hall–Kier alpha value is -3.75. The molecule has 182 valence electrons. The minimum Gasteiger partial charge on any atom is -0.448 e. The van der Waals surface area contributed by atoms with Crippen LogP contribution < -0.4 is 0 Å². The average Bonchev–Trinajstić information content (AvgIpc) is 3.47. The van der Waals surface area contributed by atoms with Crippen LogP contribution in [0.5, 0.6) is 0 Å². The highest BCUT2D eigenvalue weighted by Crippen LogP contribution is 2.45. The summed E-state index contributed by atoms with van der Waals surface area (Å²) >= 11 is 0. The van der Waals surface area contributed by atoms with Crippen LogP contribution >= 0.6 is 0 Å². The van der Waals surface area contributed by atoms with Crippen molar-refractivity contribution in [3.8, 4) is 11.1 Å². The number of rotatable bonds is 3. The second-order valence-corrected chi connectivity index (χ2v) is 9.93. The summed E-state index contributed by atoms with van der Waals surface area (Å²) in [7, 11) is 0. The van der Waals surface area contributed by atoms with E-state index in [2.05, 4.69) is 34.2 Å². The molecule has 8 nitrogen and oxygen atoms in total. The van der Waals surface area contributed by atoms with Crippen LogP contribution in [-0.4, -0.2) is 62.4 Å². The fourth-order valence-electron chi connectivity index (χ4n) is 6.32. The van der Waals surface area contributed by atoms with Crippen molar-refractivity contribution in [1.82, 2.24) is 19.3 Å². The molecule has 2 aliphatic heterocycles. The molecule has 8 heteroatoms. The van der Waals surface area contributed by atoms with Crippen molar-refractivity contribution in [3.63, 3.8) is 0 Å². The van der Waals surface area contributed by atoms with Gasteiger partial charge in [-0.1, -0.05) is 48.5 Å². The minimum absolute atomic E-state index is 0.00446. The first-order chi connectivity index (χ1) is 17.6. The van der Waals surface area contributed by atoms with Crippen molar-refractivity contribution in [3.05, 3.63) is 90.0 Å². The Labute approximate surface area is 208 Å². The lowest BCUT2D eigenvalue weighted by Crippen LogP contribution is -2.62. The van der Waals surface area contributed by atoms with Crippen molar-refractivity contribution in [2.75, 3.05) is 19.8 Å². The van der Waals surface area contributed by atoms with Gasteiger partial charge in [0, 0.05) is 31.2 Å². The highest BCUT2D eigenvalue weighted by molar-refractivity contribution is 5.79. The van der Waals surface area contributed by atoms with Crippen LogP contribution in [0.1, 0.15) is 35.6 Å². The zero-order valence-electron chi connectivity index (χ0n) is 19.7. The average molecular weight is 483 g/mol. The topological polar surface area (TPSA) is 89.2 Å². The van der Waals surface area contributed by atoms with Gasteiger partial charge in [0.1, 0.15) is 12.2 Å². The molecule has 2 aromatic heterocycles. The van der Waals surface area contributed by atoms with Crippen molar-refractivity contribution >= 4 is 11.9 Å². The maximum Gasteiger partial charge on any atom is 0.410 e. The summed E-state index contributed by atoms with van der Waals surface area (Å²) in [6.45, 7) is 0.989. The normalized spacial score (nSPS) is 25.0. The largest absolute Gasteiger partial charge is 0.448 e. The predicted octanol–water partition coefficient (Wildman–Crippen LogP) is 3.73. The molecule has 7 rings (SSSR count). The third kappa shape index (κ3) is 3.25. The van der Waals surface area contributed by atoms with E-state index in [1.165, 1.54) is 22.3 Å². The molecule has 1 N–H and O–H groups in total. The van der Waals surface area contributed by atoms with Crippen molar-refractivity contribution in [2.24, 2.45) is 0 Å². The molecule has 0 saturated carbocycles. The lowest BCUT2D eigenvalue weighted by Gasteiger charge is -2.50. The second-order valence-electron chi connectivity index (χ2n) is 9.93. The van der Waals surface area contributed by atoms with Gasteiger partial charge < -0.3 is 14.6 Å². The van der Waals surface area contributed by atoms with E-state index in [1.54, 1.807) is 17.3 Å². The van der Waals surface area contributed by atoms with E-state index in [0.29, 0.717) is 37.5 Å². The number of hydrogen-bond acceptors (Lipinski definition) is 6. The molecule has 1 aliphatic carbocycles. The Morgan fingerprint density at radius 2 is 1.67 bits per heavy atom. The molecular formula is C28H26N4O4. The molecule has 0 radical (unpaired) electrons. The molecule has 2 atom stereocenters. The van der Waals surface area contributed by atoms with Crippen LogP contribution in [0.3, 0.4) is 0 Å². The van der Waals surface area contributed by atoms with E-state index >= 15 is 0 Å². The number of carbonyl (C=O) groups is 1. The van der Waals surface area contributed by atoms with Crippen LogP contribution in [0.4, 0.5) is 4.79 Å². The lowest BCUT2D eigenvalue weighted by atomic mass is 9.79. The second kappa shape index (κ2) is 8.15. The summed E-state index contributed by atoms with van der Waals surface area (Å²) in [6, 6.07) is 17.9. The van der Waals surface area contributed by atoms with E-state index in [0.717, 1.165) is 0 Å². The number of aliphatic hydroxyl groups is 1. The predicted molar refractivity (Wildman–Crippen MR) is 131 cm³/mol. The van der Waals surface area contributed by atoms with Gasteiger partial charge in [0.2, 0.25) is 5.78 Å². The number of nitrogens with zero attached hydrogens (tertiary/aromatic N) is 4. The van der Waals surface area contributed by atoms with Crippen LogP contribution in [0.2, 0.25) is 0 Å². The van der Waals surface area contributed by atoms with Gasteiger partial charge in [-0.15, -0.1) is 0 Å². The summed E-state index contributed by atoms with van der Waals surface area (Å²) in [6.07, 6.45) is 5.55. The van der Waals surface area contributed by atoms with Crippen LogP contribution in [0.15, 0.2) is 73.2 Å². The van der Waals surface area contributed by atoms with Crippen molar-refractivity contribution in [2.45, 2.75) is 36.4 Å². The monoisotopic (exact) mass is 482 g/mol. The van der Waals surface area contributed by atoms with E-state index in [1.807, 2.05) is 40.9 Å². The zero-order chi connectivity index (χ0) is 24.3. The van der Waals surface area contributed by atoms with E-state index < -0.39 is 5.60 Å². The van der Waals surface area contributed by atoms with Gasteiger partial charge in [-0.2, -0.15) is 0 Å². The van der Waals surface area contributed by atoms with Gasteiger partial charge in [-0.25, -0.2) is 14.8 Å². The maximum atomic E-state index is 13.4. The summed E-state index contributed by atoms with van der Waals surface area (Å²) in [5, 5.41) is 11.7.